The molecule has 0 aromatic heterocycles. The van der Waals surface area contributed by atoms with Crippen LogP contribution in [0, 0.1) is 12.3 Å². The Bertz CT molecular complexity index is 215. The Balaban J connectivity index is 2.19. The van der Waals surface area contributed by atoms with Crippen LogP contribution >= 0.6 is 0 Å². The van der Waals surface area contributed by atoms with Gasteiger partial charge in [0.1, 0.15) is 0 Å². The number of hydrogen-bond donors (Lipinski definition) is 2. The van der Waals surface area contributed by atoms with Crippen LogP contribution in [0.1, 0.15) is 32.6 Å². The van der Waals surface area contributed by atoms with E-state index in [4.69, 9.17) is 6.42 Å². The van der Waals surface area contributed by atoms with Crippen LogP contribution in [0.3, 0.4) is 0 Å². The van der Waals surface area contributed by atoms with Crippen LogP contribution < -0.4 is 10.6 Å². The Hall–Kier alpha value is -1.17. The van der Waals surface area contributed by atoms with Crippen molar-refractivity contribution in [2.45, 2.75) is 44.7 Å². The second-order valence-electron chi connectivity index (χ2n) is 3.37. The molecule has 1 atom stereocenters. The normalized spacial score (nSPS) is 18.2. The van der Waals surface area contributed by atoms with E-state index in [2.05, 4.69) is 16.6 Å². The number of hydrogen-bond acceptors (Lipinski definition) is 1. The molecular weight excluding hydrogens is 164 g/mol. The van der Waals surface area contributed by atoms with Gasteiger partial charge in [0.25, 0.3) is 0 Å². The number of carbonyl (C=O) groups excluding carboxylic acids is 1. The molecule has 0 aliphatic heterocycles. The number of terminal acetylenes is 1. The molecule has 1 rings (SSSR count). The second-order valence-corrected chi connectivity index (χ2v) is 3.37. The molecule has 3 heteroatoms. The molecule has 0 spiro atoms. The maximum atomic E-state index is 11.3. The molecule has 0 aromatic rings. The summed E-state index contributed by atoms with van der Waals surface area (Å²) in [6, 6.07) is 0.102. The van der Waals surface area contributed by atoms with E-state index in [1.165, 1.54) is 6.42 Å². The van der Waals surface area contributed by atoms with Crippen molar-refractivity contribution in [3.05, 3.63) is 0 Å². The average Bonchev–Trinajstić information content (AvgIpc) is 2.07. The van der Waals surface area contributed by atoms with Gasteiger partial charge in [0, 0.05) is 6.04 Å². The van der Waals surface area contributed by atoms with Gasteiger partial charge < -0.3 is 10.6 Å². The molecule has 1 aliphatic rings. The molecule has 72 valence electrons. The van der Waals surface area contributed by atoms with Gasteiger partial charge in [-0.15, -0.1) is 6.42 Å². The Morgan fingerprint density at radius 2 is 2.38 bits per heavy atom. The van der Waals surface area contributed by atoms with Crippen molar-refractivity contribution in [2.75, 3.05) is 0 Å². The third-order valence-electron chi connectivity index (χ3n) is 2.36. The van der Waals surface area contributed by atoms with E-state index in [1.54, 1.807) is 0 Å². The second kappa shape index (κ2) is 4.76. The van der Waals surface area contributed by atoms with Crippen molar-refractivity contribution in [1.82, 2.24) is 10.6 Å². The van der Waals surface area contributed by atoms with Crippen molar-refractivity contribution in [3.63, 3.8) is 0 Å². The highest BCUT2D eigenvalue weighted by molar-refractivity contribution is 5.75. The molecule has 0 bridgehead atoms. The summed E-state index contributed by atoms with van der Waals surface area (Å²) in [5, 5.41) is 5.60. The Labute approximate surface area is 79.3 Å². The van der Waals surface area contributed by atoms with Gasteiger partial charge in [-0.1, -0.05) is 12.8 Å². The summed E-state index contributed by atoms with van der Waals surface area (Å²) in [7, 11) is 0. The van der Waals surface area contributed by atoms with Gasteiger partial charge in [0.2, 0.25) is 0 Å². The van der Waals surface area contributed by atoms with E-state index in [0.29, 0.717) is 6.04 Å². The smallest absolute Gasteiger partial charge is 0.315 e. The van der Waals surface area contributed by atoms with Crippen molar-refractivity contribution < 1.29 is 4.79 Å². The highest BCUT2D eigenvalue weighted by Gasteiger charge is 2.19. The fourth-order valence-corrected chi connectivity index (χ4v) is 1.20. The van der Waals surface area contributed by atoms with Crippen molar-refractivity contribution in [1.29, 1.82) is 0 Å². The van der Waals surface area contributed by atoms with Crippen LogP contribution in [0.4, 0.5) is 4.79 Å². The monoisotopic (exact) mass is 180 g/mol. The van der Waals surface area contributed by atoms with E-state index in [0.717, 1.165) is 19.3 Å². The van der Waals surface area contributed by atoms with E-state index < -0.39 is 0 Å². The van der Waals surface area contributed by atoms with Gasteiger partial charge in [-0.25, -0.2) is 4.79 Å². The fraction of sp³-hybridized carbons (Fsp3) is 0.700. The van der Waals surface area contributed by atoms with Crippen LogP contribution in [-0.2, 0) is 0 Å². The summed E-state index contributed by atoms with van der Waals surface area (Å²) >= 11 is 0. The van der Waals surface area contributed by atoms with Crippen LogP contribution in [0.2, 0.25) is 0 Å². The predicted molar refractivity (Wildman–Crippen MR) is 52.2 cm³/mol. The Kier molecular flexibility index (Phi) is 3.63. The molecule has 2 N–H and O–H groups in total. The van der Waals surface area contributed by atoms with Crippen molar-refractivity contribution in [3.8, 4) is 12.3 Å². The number of rotatable bonds is 3. The van der Waals surface area contributed by atoms with E-state index in [-0.39, 0.29) is 12.1 Å². The molecule has 0 aromatic carbocycles. The molecule has 0 heterocycles. The lowest BCUT2D eigenvalue weighted by molar-refractivity contribution is 0.226. The minimum atomic E-state index is -0.139. The maximum absolute atomic E-state index is 11.3. The summed E-state index contributed by atoms with van der Waals surface area (Å²) in [5.41, 5.74) is 0. The molecule has 0 radical (unpaired) electrons. The molecule has 0 saturated heterocycles. The zero-order chi connectivity index (χ0) is 9.68. The van der Waals surface area contributed by atoms with Gasteiger partial charge in [0.15, 0.2) is 0 Å². The molecule has 1 saturated carbocycles. The predicted octanol–water partition coefficient (Wildman–Crippen LogP) is 1.25. The third kappa shape index (κ3) is 2.98. The summed E-state index contributed by atoms with van der Waals surface area (Å²) in [6.45, 7) is 1.95. The van der Waals surface area contributed by atoms with Crippen molar-refractivity contribution >= 4 is 6.03 Å². The highest BCUT2D eigenvalue weighted by atomic mass is 16.2. The number of amides is 2. The first-order valence-corrected chi connectivity index (χ1v) is 4.79. The summed E-state index contributed by atoms with van der Waals surface area (Å²) < 4.78 is 0. The maximum Gasteiger partial charge on any atom is 0.315 e. The number of carbonyl (C=O) groups is 1. The standard InChI is InChI=1S/C10H16N2O/c1-3-8(4-2)11-10(13)12-9-6-5-7-9/h1,8-9H,4-7H2,2H3,(H2,11,12,13). The Morgan fingerprint density at radius 1 is 1.69 bits per heavy atom. The van der Waals surface area contributed by atoms with Gasteiger partial charge in [-0.05, 0) is 25.7 Å². The minimum Gasteiger partial charge on any atom is -0.335 e. The molecule has 2 amide bonds. The molecule has 3 nitrogen and oxygen atoms in total. The lowest BCUT2D eigenvalue weighted by Gasteiger charge is -2.27. The summed E-state index contributed by atoms with van der Waals surface area (Å²) in [5.74, 6) is 2.52. The van der Waals surface area contributed by atoms with E-state index >= 15 is 0 Å². The lowest BCUT2D eigenvalue weighted by atomic mass is 9.93. The SMILES string of the molecule is C#CC(CC)NC(=O)NC1CCC1. The number of nitrogens with one attached hydrogen (secondary N) is 2. The number of urea groups is 1. The highest BCUT2D eigenvalue weighted by Crippen LogP contribution is 2.17. The molecule has 1 unspecified atom stereocenters. The summed E-state index contributed by atoms with van der Waals surface area (Å²) in [4.78, 5) is 11.3. The van der Waals surface area contributed by atoms with Gasteiger partial charge in [-0.3, -0.25) is 0 Å². The third-order valence-corrected chi connectivity index (χ3v) is 2.36. The van der Waals surface area contributed by atoms with Gasteiger partial charge in [0.05, 0.1) is 6.04 Å². The Morgan fingerprint density at radius 3 is 2.77 bits per heavy atom. The van der Waals surface area contributed by atoms with Crippen LogP contribution in [0.25, 0.3) is 0 Å². The van der Waals surface area contributed by atoms with E-state index in [1.807, 2.05) is 6.92 Å². The molecule has 1 fully saturated rings. The molecular formula is C10H16N2O. The topological polar surface area (TPSA) is 41.1 Å². The molecule has 13 heavy (non-hydrogen) atoms. The van der Waals surface area contributed by atoms with Gasteiger partial charge in [-0.2, -0.15) is 0 Å². The van der Waals surface area contributed by atoms with Gasteiger partial charge >= 0.3 is 6.03 Å². The van der Waals surface area contributed by atoms with E-state index in [9.17, 15) is 4.79 Å². The van der Waals surface area contributed by atoms with Crippen LogP contribution in [0.15, 0.2) is 0 Å². The largest absolute Gasteiger partial charge is 0.335 e. The first-order chi connectivity index (χ1) is 6.26. The first-order valence-electron chi connectivity index (χ1n) is 4.79. The zero-order valence-corrected chi connectivity index (χ0v) is 7.97. The zero-order valence-electron chi connectivity index (χ0n) is 7.97. The molecule has 1 aliphatic carbocycles. The quantitative estimate of drug-likeness (QED) is 0.630. The van der Waals surface area contributed by atoms with Crippen molar-refractivity contribution in [2.24, 2.45) is 0 Å². The van der Waals surface area contributed by atoms with Crippen LogP contribution in [-0.4, -0.2) is 18.1 Å². The average molecular weight is 180 g/mol. The first kappa shape index (κ1) is 9.91. The summed E-state index contributed by atoms with van der Waals surface area (Å²) in [6.07, 6.45) is 9.40. The minimum absolute atomic E-state index is 0.130. The fourth-order valence-electron chi connectivity index (χ4n) is 1.20. The lowest BCUT2D eigenvalue weighted by Crippen LogP contribution is -2.47. The van der Waals surface area contributed by atoms with Crippen LogP contribution in [0.5, 0.6) is 0 Å².